The number of rotatable bonds is 5. The van der Waals surface area contributed by atoms with E-state index in [2.05, 4.69) is 72.5 Å². The first-order valence-electron chi connectivity index (χ1n) is 10.9. The minimum absolute atomic E-state index is 0.0350. The quantitative estimate of drug-likeness (QED) is 0.611. The number of para-hydroxylation sites is 1. The lowest BCUT2D eigenvalue weighted by molar-refractivity contribution is 0.198. The molecule has 156 valence electrons. The van der Waals surface area contributed by atoms with E-state index in [1.165, 1.54) is 18.5 Å². The van der Waals surface area contributed by atoms with Gasteiger partial charge in [0.2, 0.25) is 0 Å². The molecule has 2 fully saturated rings. The minimum Gasteiger partial charge on any atom is -0.369 e. The van der Waals surface area contributed by atoms with Crippen molar-refractivity contribution in [1.29, 1.82) is 0 Å². The smallest absolute Gasteiger partial charge is 0.173 e. The Morgan fingerprint density at radius 2 is 1.57 bits per heavy atom. The number of hydrogen-bond donors (Lipinski definition) is 0. The van der Waals surface area contributed by atoms with Gasteiger partial charge in [-0.2, -0.15) is 0 Å². The second-order valence-electron chi connectivity index (χ2n) is 8.20. The molecule has 1 saturated heterocycles. The van der Waals surface area contributed by atoms with E-state index < -0.39 is 0 Å². The number of benzene rings is 2. The maximum atomic E-state index is 6.68. The summed E-state index contributed by atoms with van der Waals surface area (Å²) in [6, 6.07) is 19.1. The third-order valence-corrected chi connectivity index (χ3v) is 6.78. The average Bonchev–Trinajstić information content (AvgIpc) is 3.48. The Morgan fingerprint density at radius 1 is 0.867 bits per heavy atom. The lowest BCUT2D eigenvalue weighted by Gasteiger charge is -2.40. The van der Waals surface area contributed by atoms with Crippen LogP contribution in [0, 0.1) is 0 Å². The highest BCUT2D eigenvalue weighted by Crippen LogP contribution is 2.36. The lowest BCUT2D eigenvalue weighted by Crippen LogP contribution is -2.48. The molecule has 0 N–H and O–H groups in total. The third-order valence-electron chi connectivity index (χ3n) is 6.43. The number of nitrogens with zero attached hydrogens (tertiary/aromatic N) is 6. The summed E-state index contributed by atoms with van der Waals surface area (Å²) in [6.07, 6.45) is 4.79. The van der Waals surface area contributed by atoms with Crippen molar-refractivity contribution in [2.75, 3.05) is 31.1 Å². The molecule has 1 aliphatic carbocycles. The van der Waals surface area contributed by atoms with Gasteiger partial charge in [0.1, 0.15) is 0 Å². The zero-order valence-corrected chi connectivity index (χ0v) is 17.8. The SMILES string of the molecule is Clc1ccccc1C(c1nnnn1C1CCCC1)N1CCN(c2ccccc2)CC1. The van der Waals surface area contributed by atoms with Crippen LogP contribution in [-0.2, 0) is 0 Å². The molecule has 1 aliphatic heterocycles. The maximum absolute atomic E-state index is 6.68. The van der Waals surface area contributed by atoms with Crippen molar-refractivity contribution < 1.29 is 0 Å². The van der Waals surface area contributed by atoms with Gasteiger partial charge in [-0.1, -0.05) is 60.8 Å². The van der Waals surface area contributed by atoms with Gasteiger partial charge in [0.05, 0.1) is 12.1 Å². The molecule has 3 aromatic rings. The monoisotopic (exact) mass is 422 g/mol. The number of aromatic nitrogens is 4. The molecule has 1 atom stereocenters. The van der Waals surface area contributed by atoms with E-state index in [9.17, 15) is 0 Å². The average molecular weight is 423 g/mol. The summed E-state index contributed by atoms with van der Waals surface area (Å²) >= 11 is 6.68. The highest BCUT2D eigenvalue weighted by molar-refractivity contribution is 6.31. The molecule has 2 aromatic carbocycles. The van der Waals surface area contributed by atoms with Crippen molar-refractivity contribution in [3.05, 3.63) is 71.0 Å². The molecule has 0 spiro atoms. The Morgan fingerprint density at radius 3 is 2.30 bits per heavy atom. The Labute approximate surface area is 182 Å². The molecule has 2 heterocycles. The molecule has 0 amide bonds. The number of tetrazole rings is 1. The van der Waals surface area contributed by atoms with Crippen molar-refractivity contribution in [2.24, 2.45) is 0 Å². The highest BCUT2D eigenvalue weighted by Gasteiger charge is 2.34. The molecule has 0 radical (unpaired) electrons. The summed E-state index contributed by atoms with van der Waals surface area (Å²) < 4.78 is 2.07. The molecular formula is C23H27ClN6. The summed E-state index contributed by atoms with van der Waals surface area (Å²) in [5, 5.41) is 13.8. The van der Waals surface area contributed by atoms with Crippen molar-refractivity contribution in [3.8, 4) is 0 Å². The molecule has 1 unspecified atom stereocenters. The Hall–Kier alpha value is -2.44. The van der Waals surface area contributed by atoms with Crippen LogP contribution in [0.15, 0.2) is 54.6 Å². The van der Waals surface area contributed by atoms with E-state index in [4.69, 9.17) is 11.6 Å². The lowest BCUT2D eigenvalue weighted by atomic mass is 10.0. The summed E-state index contributed by atoms with van der Waals surface area (Å²) in [5.41, 5.74) is 2.36. The first-order chi connectivity index (χ1) is 14.8. The van der Waals surface area contributed by atoms with Crippen LogP contribution >= 0.6 is 11.6 Å². The van der Waals surface area contributed by atoms with Crippen molar-refractivity contribution in [2.45, 2.75) is 37.8 Å². The van der Waals surface area contributed by atoms with Gasteiger partial charge in [-0.25, -0.2) is 4.68 Å². The molecule has 5 rings (SSSR count). The van der Waals surface area contributed by atoms with Crippen LogP contribution in [0.2, 0.25) is 5.02 Å². The predicted molar refractivity (Wildman–Crippen MR) is 119 cm³/mol. The fourth-order valence-electron chi connectivity index (χ4n) is 4.86. The number of hydrogen-bond acceptors (Lipinski definition) is 5. The molecule has 2 aliphatic rings. The minimum atomic E-state index is -0.0350. The molecule has 1 aromatic heterocycles. The van der Waals surface area contributed by atoms with Gasteiger partial charge < -0.3 is 4.90 Å². The largest absolute Gasteiger partial charge is 0.369 e. The standard InChI is InChI=1S/C23H27ClN6/c24-21-13-7-6-12-20(21)22(23-25-26-27-30(23)19-10-4-5-11-19)29-16-14-28(15-17-29)18-8-2-1-3-9-18/h1-3,6-9,12-13,19,22H,4-5,10-11,14-17H2. The molecule has 7 heteroatoms. The first-order valence-corrected chi connectivity index (χ1v) is 11.3. The second kappa shape index (κ2) is 8.74. The summed E-state index contributed by atoms with van der Waals surface area (Å²) in [6.45, 7) is 3.80. The molecule has 6 nitrogen and oxygen atoms in total. The topological polar surface area (TPSA) is 50.1 Å². The number of halogens is 1. The summed E-state index contributed by atoms with van der Waals surface area (Å²) in [4.78, 5) is 4.93. The highest BCUT2D eigenvalue weighted by atomic mass is 35.5. The van der Waals surface area contributed by atoms with Gasteiger partial charge in [-0.05, 0) is 47.0 Å². The van der Waals surface area contributed by atoms with Crippen LogP contribution in [0.3, 0.4) is 0 Å². The second-order valence-corrected chi connectivity index (χ2v) is 8.61. The zero-order valence-electron chi connectivity index (χ0n) is 17.1. The molecule has 0 bridgehead atoms. The first kappa shape index (κ1) is 19.5. The summed E-state index contributed by atoms with van der Waals surface area (Å²) in [7, 11) is 0. The van der Waals surface area contributed by atoms with E-state index in [1.807, 2.05) is 12.1 Å². The van der Waals surface area contributed by atoms with Gasteiger partial charge in [-0.15, -0.1) is 5.10 Å². The van der Waals surface area contributed by atoms with Crippen LogP contribution in [-0.4, -0.2) is 51.3 Å². The van der Waals surface area contributed by atoms with Crippen LogP contribution in [0.4, 0.5) is 5.69 Å². The van der Waals surface area contributed by atoms with Crippen LogP contribution in [0.25, 0.3) is 0 Å². The maximum Gasteiger partial charge on any atom is 0.173 e. The predicted octanol–water partition coefficient (Wildman–Crippen LogP) is 4.35. The van der Waals surface area contributed by atoms with Gasteiger partial charge in [0, 0.05) is 36.9 Å². The van der Waals surface area contributed by atoms with Crippen molar-refractivity contribution in [3.63, 3.8) is 0 Å². The number of anilines is 1. The fourth-order valence-corrected chi connectivity index (χ4v) is 5.10. The van der Waals surface area contributed by atoms with Gasteiger partial charge >= 0.3 is 0 Å². The van der Waals surface area contributed by atoms with Gasteiger partial charge in [-0.3, -0.25) is 4.90 Å². The zero-order chi connectivity index (χ0) is 20.3. The summed E-state index contributed by atoms with van der Waals surface area (Å²) in [5.74, 6) is 0.920. The van der Waals surface area contributed by atoms with E-state index in [0.717, 1.165) is 55.4 Å². The molecule has 1 saturated carbocycles. The van der Waals surface area contributed by atoms with Crippen LogP contribution < -0.4 is 4.90 Å². The number of piperazine rings is 1. The Kier molecular flexibility index (Phi) is 5.69. The normalized spacial score (nSPS) is 19.3. The molecular weight excluding hydrogens is 396 g/mol. The van der Waals surface area contributed by atoms with Gasteiger partial charge in [0.15, 0.2) is 5.82 Å². The third kappa shape index (κ3) is 3.82. The van der Waals surface area contributed by atoms with Crippen molar-refractivity contribution in [1.82, 2.24) is 25.1 Å². The Bertz CT molecular complexity index is 961. The van der Waals surface area contributed by atoms with E-state index in [0.29, 0.717) is 6.04 Å². The Balaban J connectivity index is 1.45. The van der Waals surface area contributed by atoms with Crippen LogP contribution in [0.5, 0.6) is 0 Å². The van der Waals surface area contributed by atoms with Gasteiger partial charge in [0.25, 0.3) is 0 Å². The van der Waals surface area contributed by atoms with Crippen molar-refractivity contribution >= 4 is 17.3 Å². The molecule has 30 heavy (non-hydrogen) atoms. The van der Waals surface area contributed by atoms with Crippen LogP contribution in [0.1, 0.15) is 49.2 Å². The van der Waals surface area contributed by atoms with E-state index in [-0.39, 0.29) is 6.04 Å². The van der Waals surface area contributed by atoms with E-state index >= 15 is 0 Å². The van der Waals surface area contributed by atoms with E-state index in [1.54, 1.807) is 0 Å². The fraction of sp³-hybridized carbons (Fsp3) is 0.435.